The predicted octanol–water partition coefficient (Wildman–Crippen LogP) is 1.28. The van der Waals surface area contributed by atoms with E-state index in [-0.39, 0.29) is 0 Å². The Kier molecular flexibility index (Phi) is 2.27. The number of hydrogen-bond donors (Lipinski definition) is 1. The topological polar surface area (TPSA) is 37.8 Å². The van der Waals surface area contributed by atoms with Gasteiger partial charge in [0, 0.05) is 18.8 Å². The van der Waals surface area contributed by atoms with Crippen LogP contribution in [0.15, 0.2) is 12.3 Å². The van der Waals surface area contributed by atoms with Crippen molar-refractivity contribution >= 4 is 0 Å². The number of aryl methyl sites for hydroxylation is 1. The zero-order valence-corrected chi connectivity index (χ0v) is 8.12. The van der Waals surface area contributed by atoms with E-state index >= 15 is 0 Å². The van der Waals surface area contributed by atoms with Crippen molar-refractivity contribution in [1.82, 2.24) is 15.3 Å². The molecule has 1 aromatic rings. The summed E-state index contributed by atoms with van der Waals surface area (Å²) in [6.07, 6.45) is 3.12. The monoisotopic (exact) mass is 177 g/mol. The second-order valence-electron chi connectivity index (χ2n) is 3.80. The lowest BCUT2D eigenvalue weighted by molar-refractivity contribution is 0.639. The molecule has 13 heavy (non-hydrogen) atoms. The average Bonchev–Trinajstić information content (AvgIpc) is 2.79. The van der Waals surface area contributed by atoms with Gasteiger partial charge >= 0.3 is 0 Å². The van der Waals surface area contributed by atoms with Crippen LogP contribution in [0.1, 0.15) is 24.9 Å². The SMILES string of the molecule is Cc1nccc(CN[C@@H]2C[C@H]2C)n1. The van der Waals surface area contributed by atoms with Crippen molar-refractivity contribution in [2.45, 2.75) is 32.9 Å². The largest absolute Gasteiger partial charge is 0.308 e. The Morgan fingerprint density at radius 1 is 1.62 bits per heavy atom. The molecule has 0 saturated heterocycles. The third-order valence-electron chi connectivity index (χ3n) is 2.49. The maximum absolute atomic E-state index is 4.32. The van der Waals surface area contributed by atoms with Crippen molar-refractivity contribution in [2.75, 3.05) is 0 Å². The first kappa shape index (κ1) is 8.63. The summed E-state index contributed by atoms with van der Waals surface area (Å²) in [6, 6.07) is 2.68. The minimum absolute atomic E-state index is 0.718. The third kappa shape index (κ3) is 2.25. The van der Waals surface area contributed by atoms with Crippen molar-refractivity contribution < 1.29 is 0 Å². The summed E-state index contributed by atoms with van der Waals surface area (Å²) >= 11 is 0. The van der Waals surface area contributed by atoms with Gasteiger partial charge in [-0.2, -0.15) is 0 Å². The van der Waals surface area contributed by atoms with Crippen molar-refractivity contribution in [3.05, 3.63) is 23.8 Å². The first-order valence-corrected chi connectivity index (χ1v) is 4.77. The Bertz CT molecular complexity index is 298. The first-order chi connectivity index (χ1) is 6.25. The normalized spacial score (nSPS) is 26.0. The van der Waals surface area contributed by atoms with E-state index in [0.29, 0.717) is 0 Å². The summed E-state index contributed by atoms with van der Waals surface area (Å²) in [5, 5.41) is 3.46. The lowest BCUT2D eigenvalue weighted by atomic mass is 10.4. The molecule has 2 rings (SSSR count). The molecule has 1 fully saturated rings. The van der Waals surface area contributed by atoms with Crippen LogP contribution in [0.5, 0.6) is 0 Å². The third-order valence-corrected chi connectivity index (χ3v) is 2.49. The van der Waals surface area contributed by atoms with Crippen molar-refractivity contribution in [3.63, 3.8) is 0 Å². The fourth-order valence-electron chi connectivity index (χ4n) is 1.45. The Hall–Kier alpha value is -0.960. The van der Waals surface area contributed by atoms with Crippen LogP contribution in [0.25, 0.3) is 0 Å². The lowest BCUT2D eigenvalue weighted by Crippen LogP contribution is -2.18. The fraction of sp³-hybridized carbons (Fsp3) is 0.600. The van der Waals surface area contributed by atoms with Gasteiger partial charge in [-0.15, -0.1) is 0 Å². The molecule has 0 radical (unpaired) electrons. The standard InChI is InChI=1S/C10H15N3/c1-7-5-10(7)12-6-9-3-4-11-8(2)13-9/h3-4,7,10,12H,5-6H2,1-2H3/t7-,10-/m1/s1. The summed E-state index contributed by atoms with van der Waals surface area (Å²) in [5.74, 6) is 1.70. The maximum Gasteiger partial charge on any atom is 0.125 e. The van der Waals surface area contributed by atoms with Crippen molar-refractivity contribution in [3.8, 4) is 0 Å². The highest BCUT2D eigenvalue weighted by atomic mass is 15.0. The van der Waals surface area contributed by atoms with Gasteiger partial charge in [-0.1, -0.05) is 6.92 Å². The molecule has 1 heterocycles. The summed E-state index contributed by atoms with van der Waals surface area (Å²) in [5.41, 5.74) is 1.09. The molecule has 0 bridgehead atoms. The Labute approximate surface area is 78.6 Å². The van der Waals surface area contributed by atoms with Gasteiger partial charge < -0.3 is 5.32 Å². The van der Waals surface area contributed by atoms with Gasteiger partial charge in [-0.3, -0.25) is 0 Å². The molecule has 0 aliphatic heterocycles. The highest BCUT2D eigenvalue weighted by Crippen LogP contribution is 2.29. The van der Waals surface area contributed by atoms with Gasteiger partial charge in [-0.25, -0.2) is 9.97 Å². The van der Waals surface area contributed by atoms with Gasteiger partial charge in [-0.05, 0) is 25.3 Å². The number of rotatable bonds is 3. The second kappa shape index (κ2) is 3.42. The van der Waals surface area contributed by atoms with Crippen LogP contribution >= 0.6 is 0 Å². The molecule has 1 saturated carbocycles. The van der Waals surface area contributed by atoms with Crippen LogP contribution in [0.3, 0.4) is 0 Å². The van der Waals surface area contributed by atoms with Crippen LogP contribution in [-0.4, -0.2) is 16.0 Å². The molecule has 3 nitrogen and oxygen atoms in total. The molecule has 0 unspecified atom stereocenters. The quantitative estimate of drug-likeness (QED) is 0.755. The van der Waals surface area contributed by atoms with Gasteiger partial charge in [0.1, 0.15) is 5.82 Å². The molecule has 1 aliphatic carbocycles. The predicted molar refractivity (Wildman–Crippen MR) is 51.2 cm³/mol. The lowest BCUT2D eigenvalue weighted by Gasteiger charge is -2.02. The molecule has 0 spiro atoms. The van der Waals surface area contributed by atoms with Crippen LogP contribution < -0.4 is 5.32 Å². The number of hydrogen-bond acceptors (Lipinski definition) is 3. The minimum atomic E-state index is 0.718. The molecule has 0 aromatic carbocycles. The van der Waals surface area contributed by atoms with E-state index in [4.69, 9.17) is 0 Å². The van der Waals surface area contributed by atoms with Crippen LogP contribution in [0, 0.1) is 12.8 Å². The van der Waals surface area contributed by atoms with E-state index < -0.39 is 0 Å². The molecule has 3 heteroatoms. The second-order valence-corrected chi connectivity index (χ2v) is 3.80. The van der Waals surface area contributed by atoms with E-state index in [1.807, 2.05) is 19.2 Å². The van der Waals surface area contributed by atoms with Gasteiger partial charge in [0.25, 0.3) is 0 Å². The average molecular weight is 177 g/mol. The Balaban J connectivity index is 1.87. The van der Waals surface area contributed by atoms with Crippen LogP contribution in [0.4, 0.5) is 0 Å². The van der Waals surface area contributed by atoms with Crippen LogP contribution in [0.2, 0.25) is 0 Å². The highest BCUT2D eigenvalue weighted by Gasteiger charge is 2.31. The van der Waals surface area contributed by atoms with Crippen LogP contribution in [-0.2, 0) is 6.54 Å². The summed E-state index contributed by atoms with van der Waals surface area (Å²) in [6.45, 7) is 5.06. The van der Waals surface area contributed by atoms with E-state index in [0.717, 1.165) is 30.0 Å². The Morgan fingerprint density at radius 2 is 2.38 bits per heavy atom. The first-order valence-electron chi connectivity index (χ1n) is 4.77. The summed E-state index contributed by atoms with van der Waals surface area (Å²) in [4.78, 5) is 8.38. The summed E-state index contributed by atoms with van der Waals surface area (Å²) < 4.78 is 0. The van der Waals surface area contributed by atoms with E-state index in [2.05, 4.69) is 22.2 Å². The number of nitrogens with one attached hydrogen (secondary N) is 1. The zero-order chi connectivity index (χ0) is 9.26. The van der Waals surface area contributed by atoms with Crippen molar-refractivity contribution in [2.24, 2.45) is 5.92 Å². The van der Waals surface area contributed by atoms with Gasteiger partial charge in [0.2, 0.25) is 0 Å². The molecule has 0 amide bonds. The molecule has 70 valence electrons. The van der Waals surface area contributed by atoms with E-state index in [1.54, 1.807) is 0 Å². The number of aromatic nitrogens is 2. The Morgan fingerprint density at radius 3 is 3.00 bits per heavy atom. The highest BCUT2D eigenvalue weighted by molar-refractivity contribution is 5.02. The van der Waals surface area contributed by atoms with Crippen molar-refractivity contribution in [1.29, 1.82) is 0 Å². The molecule has 1 aliphatic rings. The summed E-state index contributed by atoms with van der Waals surface area (Å²) in [7, 11) is 0. The fourth-order valence-corrected chi connectivity index (χ4v) is 1.45. The number of nitrogens with zero attached hydrogens (tertiary/aromatic N) is 2. The minimum Gasteiger partial charge on any atom is -0.308 e. The van der Waals surface area contributed by atoms with E-state index in [1.165, 1.54) is 6.42 Å². The maximum atomic E-state index is 4.32. The smallest absolute Gasteiger partial charge is 0.125 e. The van der Waals surface area contributed by atoms with E-state index in [9.17, 15) is 0 Å². The molecule has 1 N–H and O–H groups in total. The zero-order valence-electron chi connectivity index (χ0n) is 8.12. The van der Waals surface area contributed by atoms with Gasteiger partial charge in [0.15, 0.2) is 0 Å². The molecule has 2 atom stereocenters. The molecular formula is C10H15N3. The molecule has 1 aromatic heterocycles. The van der Waals surface area contributed by atoms with Gasteiger partial charge in [0.05, 0.1) is 5.69 Å². The molecular weight excluding hydrogens is 162 g/mol.